The summed E-state index contributed by atoms with van der Waals surface area (Å²) in [5.74, 6) is 1.62. The number of aromatic nitrogens is 3. The molecule has 1 fully saturated rings. The third-order valence-corrected chi connectivity index (χ3v) is 6.98. The molecule has 1 aromatic heterocycles. The van der Waals surface area contributed by atoms with Gasteiger partial charge >= 0.3 is 0 Å². The third kappa shape index (κ3) is 4.85. The quantitative estimate of drug-likeness (QED) is 0.416. The lowest BCUT2D eigenvalue weighted by Gasteiger charge is -2.26. The number of carbonyl (C=O) groups is 1. The fourth-order valence-corrected chi connectivity index (χ4v) is 5.26. The Balaban J connectivity index is 1.58. The molecule has 0 aliphatic heterocycles. The minimum absolute atomic E-state index is 0.0345. The minimum Gasteiger partial charge on any atom is -0.306 e. The van der Waals surface area contributed by atoms with Crippen LogP contribution in [0.4, 0.5) is 11.4 Å². The maximum absolute atomic E-state index is 13.6. The maximum Gasteiger partial charge on any atom is 0.244 e. The predicted molar refractivity (Wildman–Crippen MR) is 127 cm³/mol. The van der Waals surface area contributed by atoms with E-state index < -0.39 is 0 Å². The molecule has 0 saturated heterocycles. The molecule has 1 aliphatic rings. The van der Waals surface area contributed by atoms with Crippen molar-refractivity contribution in [3.8, 4) is 0 Å². The van der Waals surface area contributed by atoms with E-state index in [1.165, 1.54) is 43.9 Å². The third-order valence-electron chi connectivity index (χ3n) is 5.91. The van der Waals surface area contributed by atoms with Gasteiger partial charge in [-0.1, -0.05) is 67.4 Å². The van der Waals surface area contributed by atoms with E-state index in [9.17, 15) is 4.79 Å². The average molecular weight is 435 g/mol. The Labute approximate surface area is 188 Å². The van der Waals surface area contributed by atoms with Crippen LogP contribution in [-0.2, 0) is 11.3 Å². The largest absolute Gasteiger partial charge is 0.306 e. The van der Waals surface area contributed by atoms with Gasteiger partial charge in [0.15, 0.2) is 5.16 Å². The van der Waals surface area contributed by atoms with Crippen LogP contribution in [0, 0.1) is 0 Å². The summed E-state index contributed by atoms with van der Waals surface area (Å²) in [7, 11) is 0. The first kappa shape index (κ1) is 21.6. The van der Waals surface area contributed by atoms with E-state index in [1.54, 1.807) is 4.90 Å². The molecule has 1 atom stereocenters. The summed E-state index contributed by atoms with van der Waals surface area (Å²) in [4.78, 5) is 15.4. The van der Waals surface area contributed by atoms with Gasteiger partial charge in [-0.2, -0.15) is 0 Å². The van der Waals surface area contributed by atoms with Gasteiger partial charge in [0.25, 0.3) is 0 Å². The van der Waals surface area contributed by atoms with Gasteiger partial charge < -0.3 is 4.57 Å². The zero-order valence-electron chi connectivity index (χ0n) is 18.3. The second-order valence-electron chi connectivity index (χ2n) is 8.02. The molecule has 0 radical (unpaired) electrons. The van der Waals surface area contributed by atoms with E-state index in [0.717, 1.165) is 28.9 Å². The Morgan fingerprint density at radius 1 is 1.00 bits per heavy atom. The highest BCUT2D eigenvalue weighted by molar-refractivity contribution is 8.00. The molecule has 1 aliphatic carbocycles. The van der Waals surface area contributed by atoms with Gasteiger partial charge in [-0.15, -0.1) is 10.2 Å². The number of amides is 1. The molecule has 6 heteroatoms. The molecule has 162 valence electrons. The first-order chi connectivity index (χ1) is 15.2. The van der Waals surface area contributed by atoms with Crippen LogP contribution in [0.25, 0.3) is 0 Å². The van der Waals surface area contributed by atoms with Crippen LogP contribution >= 0.6 is 11.8 Å². The lowest BCUT2D eigenvalue weighted by atomic mass is 9.89. The molecule has 0 bridgehead atoms. The lowest BCUT2D eigenvalue weighted by Crippen LogP contribution is -2.33. The number of nitrogens with zero attached hydrogens (tertiary/aromatic N) is 4. The van der Waals surface area contributed by atoms with Gasteiger partial charge in [-0.25, -0.2) is 0 Å². The van der Waals surface area contributed by atoms with E-state index in [1.807, 2.05) is 67.6 Å². The van der Waals surface area contributed by atoms with Gasteiger partial charge in [0, 0.05) is 23.8 Å². The van der Waals surface area contributed by atoms with E-state index in [-0.39, 0.29) is 11.2 Å². The molecule has 5 nitrogen and oxygen atoms in total. The summed E-state index contributed by atoms with van der Waals surface area (Å²) in [5, 5.41) is 9.59. The molecule has 1 amide bonds. The van der Waals surface area contributed by atoms with Crippen LogP contribution in [0.2, 0.25) is 0 Å². The molecule has 4 rings (SSSR count). The summed E-state index contributed by atoms with van der Waals surface area (Å²) in [5.41, 5.74) is 1.73. The van der Waals surface area contributed by atoms with Crippen molar-refractivity contribution >= 4 is 29.0 Å². The van der Waals surface area contributed by atoms with Gasteiger partial charge in [-0.05, 0) is 51.0 Å². The molecule has 3 aromatic rings. The van der Waals surface area contributed by atoms with Crippen molar-refractivity contribution in [1.82, 2.24) is 14.8 Å². The van der Waals surface area contributed by atoms with E-state index >= 15 is 0 Å². The minimum atomic E-state index is -0.297. The topological polar surface area (TPSA) is 51.0 Å². The monoisotopic (exact) mass is 434 g/mol. The van der Waals surface area contributed by atoms with Gasteiger partial charge in [0.05, 0.1) is 5.25 Å². The van der Waals surface area contributed by atoms with Crippen LogP contribution in [0.5, 0.6) is 0 Å². The van der Waals surface area contributed by atoms with Crippen LogP contribution in [0.3, 0.4) is 0 Å². The van der Waals surface area contributed by atoms with Gasteiger partial charge in [0.2, 0.25) is 5.91 Å². The predicted octanol–water partition coefficient (Wildman–Crippen LogP) is 6.19. The van der Waals surface area contributed by atoms with Crippen molar-refractivity contribution in [1.29, 1.82) is 0 Å². The number of rotatable bonds is 7. The van der Waals surface area contributed by atoms with E-state index in [0.29, 0.717) is 5.92 Å². The number of carbonyl (C=O) groups excluding carboxylic acids is 1. The van der Waals surface area contributed by atoms with Crippen LogP contribution < -0.4 is 4.90 Å². The first-order valence-corrected chi connectivity index (χ1v) is 12.1. The standard InChI is InChI=1S/C25H30N4OS/c1-3-28-23(20-13-7-4-8-14-20)26-27-25(28)31-19(2)24(30)29(21-15-9-5-10-16-21)22-17-11-6-12-18-22/h5-6,9-12,15-20H,3-4,7-8,13-14H2,1-2H3/t19-/m0/s1. The van der Waals surface area contributed by atoms with Crippen molar-refractivity contribution in [3.63, 3.8) is 0 Å². The van der Waals surface area contributed by atoms with Crippen molar-refractivity contribution in [2.75, 3.05) is 4.90 Å². The number of para-hydroxylation sites is 2. The Kier molecular flexibility index (Phi) is 7.07. The molecule has 0 unspecified atom stereocenters. The van der Waals surface area contributed by atoms with Gasteiger partial charge in [-0.3, -0.25) is 9.69 Å². The molecule has 0 N–H and O–H groups in total. The highest BCUT2D eigenvalue weighted by Gasteiger charge is 2.28. The zero-order valence-corrected chi connectivity index (χ0v) is 19.1. The van der Waals surface area contributed by atoms with Crippen LogP contribution in [0.15, 0.2) is 65.8 Å². The Hall–Kier alpha value is -2.60. The number of benzene rings is 2. The molecule has 0 spiro atoms. The fourth-order valence-electron chi connectivity index (χ4n) is 4.30. The summed E-state index contributed by atoms with van der Waals surface area (Å²) in [6.45, 7) is 4.91. The van der Waals surface area contributed by atoms with Crippen molar-refractivity contribution < 1.29 is 4.79 Å². The normalized spacial score (nSPS) is 15.5. The van der Waals surface area contributed by atoms with Crippen molar-refractivity contribution in [2.24, 2.45) is 0 Å². The van der Waals surface area contributed by atoms with E-state index in [2.05, 4.69) is 21.7 Å². The fraction of sp³-hybridized carbons (Fsp3) is 0.400. The molecule has 2 aromatic carbocycles. The second-order valence-corrected chi connectivity index (χ2v) is 9.33. The van der Waals surface area contributed by atoms with Crippen LogP contribution in [0.1, 0.15) is 57.7 Å². The second kappa shape index (κ2) is 10.1. The zero-order chi connectivity index (χ0) is 21.6. The summed E-state index contributed by atoms with van der Waals surface area (Å²) < 4.78 is 2.21. The molecule has 1 saturated carbocycles. The molecule has 1 heterocycles. The Morgan fingerprint density at radius 2 is 1.58 bits per heavy atom. The number of thioether (sulfide) groups is 1. The molecular weight excluding hydrogens is 404 g/mol. The summed E-state index contributed by atoms with van der Waals surface area (Å²) >= 11 is 1.50. The summed E-state index contributed by atoms with van der Waals surface area (Å²) in [6.07, 6.45) is 6.22. The van der Waals surface area contributed by atoms with Crippen LogP contribution in [-0.4, -0.2) is 25.9 Å². The number of hydrogen-bond acceptors (Lipinski definition) is 4. The SMILES string of the molecule is CCn1c(S[C@@H](C)C(=O)N(c2ccccc2)c2ccccc2)nnc1C1CCCCC1. The molecular formula is C25H30N4OS. The summed E-state index contributed by atoms with van der Waals surface area (Å²) in [6, 6.07) is 19.6. The number of anilines is 2. The van der Waals surface area contributed by atoms with Crippen molar-refractivity contribution in [2.45, 2.75) is 68.8 Å². The highest BCUT2D eigenvalue weighted by Crippen LogP contribution is 2.35. The highest BCUT2D eigenvalue weighted by atomic mass is 32.2. The van der Waals surface area contributed by atoms with E-state index in [4.69, 9.17) is 0 Å². The Bertz CT molecular complexity index is 944. The average Bonchev–Trinajstić information content (AvgIpc) is 3.23. The Morgan fingerprint density at radius 3 is 2.13 bits per heavy atom. The maximum atomic E-state index is 13.6. The lowest BCUT2D eigenvalue weighted by molar-refractivity contribution is -0.117. The molecule has 31 heavy (non-hydrogen) atoms. The smallest absolute Gasteiger partial charge is 0.244 e. The van der Waals surface area contributed by atoms with Gasteiger partial charge in [0.1, 0.15) is 5.82 Å². The number of hydrogen-bond donors (Lipinski definition) is 0. The van der Waals surface area contributed by atoms with Crippen molar-refractivity contribution in [3.05, 3.63) is 66.5 Å². The first-order valence-electron chi connectivity index (χ1n) is 11.2.